The maximum atomic E-state index is 11.1. The molecule has 0 heterocycles. The topological polar surface area (TPSA) is 55.1 Å². The molecule has 0 aliphatic carbocycles. The standard InChI is InChI=1S/C10H13N2O/c1-7-3-5-9(6-4-7)12-10(13)8(2)11/h3-6,8H,1,11H2,2H3,(H,12,13)/t8-/m0/s1. The van der Waals surface area contributed by atoms with Crippen molar-refractivity contribution >= 4 is 11.6 Å². The van der Waals surface area contributed by atoms with Crippen LogP contribution in [0.5, 0.6) is 0 Å². The highest BCUT2D eigenvalue weighted by Gasteiger charge is 2.06. The molecule has 0 aliphatic rings. The van der Waals surface area contributed by atoms with Gasteiger partial charge in [-0.05, 0) is 31.5 Å². The number of nitrogens with two attached hydrogens (primary N) is 1. The first-order valence-corrected chi connectivity index (χ1v) is 4.08. The maximum absolute atomic E-state index is 11.1. The van der Waals surface area contributed by atoms with E-state index in [1.165, 1.54) is 0 Å². The van der Waals surface area contributed by atoms with Crippen LogP contribution in [0.1, 0.15) is 12.5 Å². The number of anilines is 1. The zero-order valence-electron chi connectivity index (χ0n) is 7.58. The van der Waals surface area contributed by atoms with E-state index in [9.17, 15) is 4.79 Å². The summed E-state index contributed by atoms with van der Waals surface area (Å²) in [6.07, 6.45) is 0. The van der Waals surface area contributed by atoms with Gasteiger partial charge in [0.1, 0.15) is 0 Å². The smallest absolute Gasteiger partial charge is 0.240 e. The lowest BCUT2D eigenvalue weighted by Crippen LogP contribution is -2.32. The molecule has 1 aromatic carbocycles. The molecule has 0 aliphatic heterocycles. The quantitative estimate of drug-likeness (QED) is 0.712. The van der Waals surface area contributed by atoms with Gasteiger partial charge in [-0.15, -0.1) is 0 Å². The molecule has 1 radical (unpaired) electrons. The van der Waals surface area contributed by atoms with Gasteiger partial charge < -0.3 is 11.1 Å². The van der Waals surface area contributed by atoms with Crippen LogP contribution in [0.3, 0.4) is 0 Å². The summed E-state index contributed by atoms with van der Waals surface area (Å²) in [5.41, 5.74) is 7.05. The van der Waals surface area contributed by atoms with Gasteiger partial charge in [0.15, 0.2) is 0 Å². The molecule has 1 atom stereocenters. The molecule has 0 fully saturated rings. The Morgan fingerprint density at radius 3 is 2.46 bits per heavy atom. The highest BCUT2D eigenvalue weighted by molar-refractivity contribution is 5.94. The number of carbonyl (C=O) groups is 1. The molecule has 1 rings (SSSR count). The van der Waals surface area contributed by atoms with E-state index in [0.717, 1.165) is 11.3 Å². The number of carbonyl (C=O) groups excluding carboxylic acids is 1. The monoisotopic (exact) mass is 177 g/mol. The van der Waals surface area contributed by atoms with Crippen LogP contribution in [0.2, 0.25) is 0 Å². The summed E-state index contributed by atoms with van der Waals surface area (Å²) < 4.78 is 0. The molecular formula is C10H13N2O. The third-order valence-electron chi connectivity index (χ3n) is 1.64. The Balaban J connectivity index is 2.65. The second kappa shape index (κ2) is 4.05. The summed E-state index contributed by atoms with van der Waals surface area (Å²) >= 11 is 0. The van der Waals surface area contributed by atoms with E-state index >= 15 is 0 Å². The summed E-state index contributed by atoms with van der Waals surface area (Å²) in [6, 6.07) is 6.76. The van der Waals surface area contributed by atoms with Crippen molar-refractivity contribution in [3.05, 3.63) is 36.8 Å². The Morgan fingerprint density at radius 1 is 1.46 bits per heavy atom. The van der Waals surface area contributed by atoms with Crippen molar-refractivity contribution in [2.75, 3.05) is 5.32 Å². The van der Waals surface area contributed by atoms with Crippen molar-refractivity contribution in [3.8, 4) is 0 Å². The van der Waals surface area contributed by atoms with Gasteiger partial charge in [-0.25, -0.2) is 0 Å². The van der Waals surface area contributed by atoms with Crippen molar-refractivity contribution in [1.82, 2.24) is 0 Å². The lowest BCUT2D eigenvalue weighted by Gasteiger charge is -2.07. The number of nitrogens with one attached hydrogen (secondary N) is 1. The Bertz CT molecular complexity index is 290. The van der Waals surface area contributed by atoms with Gasteiger partial charge in [-0.1, -0.05) is 12.1 Å². The van der Waals surface area contributed by atoms with Crippen LogP contribution >= 0.6 is 0 Å². The summed E-state index contributed by atoms with van der Waals surface area (Å²) in [6.45, 7) is 5.38. The Hall–Kier alpha value is -1.35. The minimum absolute atomic E-state index is 0.184. The van der Waals surface area contributed by atoms with Crippen molar-refractivity contribution in [3.63, 3.8) is 0 Å². The fourth-order valence-corrected chi connectivity index (χ4v) is 0.844. The highest BCUT2D eigenvalue weighted by Crippen LogP contribution is 2.08. The molecule has 0 saturated carbocycles. The van der Waals surface area contributed by atoms with Gasteiger partial charge in [0, 0.05) is 5.69 Å². The molecule has 3 nitrogen and oxygen atoms in total. The number of benzene rings is 1. The molecule has 3 heteroatoms. The molecule has 3 N–H and O–H groups in total. The largest absolute Gasteiger partial charge is 0.325 e. The van der Waals surface area contributed by atoms with Gasteiger partial charge in [0.2, 0.25) is 5.91 Å². The summed E-state index contributed by atoms with van der Waals surface area (Å²) in [5, 5.41) is 2.68. The SMILES string of the molecule is [CH2]c1ccc(NC(=O)[C@H](C)N)cc1. The van der Waals surface area contributed by atoms with E-state index < -0.39 is 6.04 Å². The molecule has 1 amide bonds. The number of rotatable bonds is 2. The zero-order chi connectivity index (χ0) is 9.84. The van der Waals surface area contributed by atoms with Gasteiger partial charge in [-0.3, -0.25) is 4.79 Å². The van der Waals surface area contributed by atoms with E-state index in [1.54, 1.807) is 19.1 Å². The fraction of sp³-hybridized carbons (Fsp3) is 0.200. The third-order valence-corrected chi connectivity index (χ3v) is 1.64. The average Bonchev–Trinajstić information content (AvgIpc) is 2.08. The summed E-state index contributed by atoms with van der Waals surface area (Å²) in [5.74, 6) is -0.184. The number of hydrogen-bond acceptors (Lipinski definition) is 2. The zero-order valence-corrected chi connectivity index (χ0v) is 7.58. The lowest BCUT2D eigenvalue weighted by atomic mass is 10.2. The molecule has 0 unspecified atom stereocenters. The molecule has 0 spiro atoms. The van der Waals surface area contributed by atoms with Gasteiger partial charge in [0.25, 0.3) is 0 Å². The van der Waals surface area contributed by atoms with Crippen LogP contribution in [0.4, 0.5) is 5.69 Å². The predicted molar refractivity (Wildman–Crippen MR) is 53.2 cm³/mol. The lowest BCUT2D eigenvalue weighted by molar-refractivity contribution is -0.117. The fourth-order valence-electron chi connectivity index (χ4n) is 0.844. The van der Waals surface area contributed by atoms with Crippen LogP contribution in [0, 0.1) is 6.92 Å². The van der Waals surface area contributed by atoms with E-state index in [2.05, 4.69) is 12.2 Å². The maximum Gasteiger partial charge on any atom is 0.240 e. The molecule has 0 aromatic heterocycles. The number of amides is 1. The van der Waals surface area contributed by atoms with E-state index in [4.69, 9.17) is 5.73 Å². The minimum atomic E-state index is -0.487. The predicted octanol–water partition coefficient (Wildman–Crippen LogP) is 1.15. The Labute approximate surface area is 77.9 Å². The van der Waals surface area contributed by atoms with Crippen LogP contribution in [-0.4, -0.2) is 11.9 Å². The van der Waals surface area contributed by atoms with Crippen LogP contribution in [0.15, 0.2) is 24.3 Å². The molecule has 69 valence electrons. The van der Waals surface area contributed by atoms with Crippen LogP contribution in [-0.2, 0) is 4.79 Å². The minimum Gasteiger partial charge on any atom is -0.325 e. The highest BCUT2D eigenvalue weighted by atomic mass is 16.2. The first kappa shape index (κ1) is 9.74. The van der Waals surface area contributed by atoms with Crippen molar-refractivity contribution in [2.24, 2.45) is 5.73 Å². The van der Waals surface area contributed by atoms with Gasteiger partial charge in [-0.2, -0.15) is 0 Å². The Morgan fingerprint density at radius 2 is 2.00 bits per heavy atom. The van der Waals surface area contributed by atoms with Gasteiger partial charge in [0.05, 0.1) is 6.04 Å². The van der Waals surface area contributed by atoms with Gasteiger partial charge >= 0.3 is 0 Å². The average molecular weight is 177 g/mol. The van der Waals surface area contributed by atoms with E-state index in [1.807, 2.05) is 12.1 Å². The Kier molecular flexibility index (Phi) is 3.03. The summed E-state index contributed by atoms with van der Waals surface area (Å²) in [7, 11) is 0. The molecule has 0 saturated heterocycles. The van der Waals surface area contributed by atoms with Crippen molar-refractivity contribution in [2.45, 2.75) is 13.0 Å². The second-order valence-electron chi connectivity index (χ2n) is 2.97. The van der Waals surface area contributed by atoms with Crippen LogP contribution in [0.25, 0.3) is 0 Å². The molecular weight excluding hydrogens is 164 g/mol. The number of hydrogen-bond donors (Lipinski definition) is 2. The molecule has 0 bridgehead atoms. The van der Waals surface area contributed by atoms with Crippen molar-refractivity contribution < 1.29 is 4.79 Å². The van der Waals surface area contributed by atoms with E-state index in [0.29, 0.717) is 0 Å². The first-order chi connectivity index (χ1) is 6.09. The normalized spacial score (nSPS) is 12.2. The molecule has 1 aromatic rings. The first-order valence-electron chi connectivity index (χ1n) is 4.08. The van der Waals surface area contributed by atoms with E-state index in [-0.39, 0.29) is 5.91 Å². The van der Waals surface area contributed by atoms with Crippen molar-refractivity contribution in [1.29, 1.82) is 0 Å². The van der Waals surface area contributed by atoms with Crippen LogP contribution < -0.4 is 11.1 Å². The molecule has 13 heavy (non-hydrogen) atoms. The second-order valence-corrected chi connectivity index (χ2v) is 2.97. The summed E-state index contributed by atoms with van der Waals surface area (Å²) in [4.78, 5) is 11.1. The third kappa shape index (κ3) is 2.87.